The summed E-state index contributed by atoms with van der Waals surface area (Å²) in [6.45, 7) is 2.74. The largest absolute Gasteiger partial charge is 0.490 e. The molecule has 1 saturated heterocycles. The lowest BCUT2D eigenvalue weighted by Crippen LogP contribution is -2.40. The van der Waals surface area contributed by atoms with Crippen LogP contribution in [0.1, 0.15) is 24.3 Å². The molecule has 1 aliphatic heterocycles. The van der Waals surface area contributed by atoms with Gasteiger partial charge in [-0.25, -0.2) is 0 Å². The zero-order chi connectivity index (χ0) is 25.2. The Morgan fingerprint density at radius 3 is 2.61 bits per heavy atom. The summed E-state index contributed by atoms with van der Waals surface area (Å²) in [7, 11) is 0. The van der Waals surface area contributed by atoms with Gasteiger partial charge in [-0.3, -0.25) is 0 Å². The zero-order valence-corrected chi connectivity index (χ0v) is 22.7. The standard InChI is InChI=1S/C29H29N3O4S.ClH/c1-37-29-31-30-28(36-29)27-16-24-25(7-4-8-26(24)35-27)34-18-23(33)17-32-13-11-20(12-14-32)22-10-9-19-5-2-3-6-21(19)15-22;/h2-10,15-16,20,23,33H,11-14,17-18H2,1H3;1H/t23-;/m0./s1. The highest BCUT2D eigenvalue weighted by atomic mass is 35.5. The monoisotopic (exact) mass is 551 g/mol. The highest BCUT2D eigenvalue weighted by molar-refractivity contribution is 7.98. The minimum atomic E-state index is -0.584. The Hall–Kier alpha value is -3.04. The third-order valence-corrected chi connectivity index (χ3v) is 7.56. The second kappa shape index (κ2) is 11.8. The summed E-state index contributed by atoms with van der Waals surface area (Å²) in [5.74, 6) is 2.05. The highest BCUT2D eigenvalue weighted by Crippen LogP contribution is 2.34. The van der Waals surface area contributed by atoms with E-state index in [-0.39, 0.29) is 19.0 Å². The number of rotatable bonds is 8. The summed E-state index contributed by atoms with van der Waals surface area (Å²) in [6.07, 6.45) is 3.48. The van der Waals surface area contributed by atoms with Crippen LogP contribution in [0.25, 0.3) is 33.4 Å². The normalized spacial score (nSPS) is 15.5. The SMILES string of the molecule is CSc1nnc(-c2cc3c(OC[C@@H](O)CN4CCC(c5ccc6ccccc6c5)CC4)cccc3o2)o1.Cl. The maximum atomic E-state index is 10.7. The lowest BCUT2D eigenvalue weighted by molar-refractivity contribution is 0.0599. The molecule has 0 unspecified atom stereocenters. The van der Waals surface area contributed by atoms with Crippen LogP contribution < -0.4 is 4.74 Å². The first kappa shape index (κ1) is 26.6. The highest BCUT2D eigenvalue weighted by Gasteiger charge is 2.23. The average Bonchev–Trinajstić information content (AvgIpc) is 3.59. The van der Waals surface area contributed by atoms with Gasteiger partial charge in [0.1, 0.15) is 24.0 Å². The Bertz CT molecular complexity index is 1510. The minimum Gasteiger partial charge on any atom is -0.490 e. The van der Waals surface area contributed by atoms with E-state index in [1.54, 1.807) is 0 Å². The van der Waals surface area contributed by atoms with Crippen LogP contribution in [0.5, 0.6) is 5.75 Å². The Morgan fingerprint density at radius 1 is 1.00 bits per heavy atom. The Labute approximate surface area is 231 Å². The Balaban J connectivity index is 0.00000294. The van der Waals surface area contributed by atoms with Crippen molar-refractivity contribution in [1.82, 2.24) is 15.1 Å². The second-order valence-electron chi connectivity index (χ2n) is 9.50. The third-order valence-electron chi connectivity index (χ3n) is 7.05. The van der Waals surface area contributed by atoms with E-state index >= 15 is 0 Å². The molecular weight excluding hydrogens is 522 g/mol. The molecule has 3 aromatic carbocycles. The lowest BCUT2D eigenvalue weighted by Gasteiger charge is -2.33. The van der Waals surface area contributed by atoms with E-state index in [1.807, 2.05) is 30.5 Å². The minimum absolute atomic E-state index is 0. The number of benzene rings is 3. The van der Waals surface area contributed by atoms with Gasteiger partial charge in [-0.1, -0.05) is 60.3 Å². The van der Waals surface area contributed by atoms with E-state index < -0.39 is 6.10 Å². The molecule has 0 spiro atoms. The first-order chi connectivity index (χ1) is 18.2. The van der Waals surface area contributed by atoms with Crippen LogP contribution >= 0.6 is 24.2 Å². The van der Waals surface area contributed by atoms with Gasteiger partial charge in [0.2, 0.25) is 0 Å². The Kier molecular flexibility index (Phi) is 8.24. The van der Waals surface area contributed by atoms with Crippen LogP contribution in [0.4, 0.5) is 0 Å². The van der Waals surface area contributed by atoms with E-state index in [0.717, 1.165) is 31.3 Å². The first-order valence-corrected chi connectivity index (χ1v) is 13.8. The van der Waals surface area contributed by atoms with E-state index in [4.69, 9.17) is 13.6 Å². The molecule has 0 bridgehead atoms. The van der Waals surface area contributed by atoms with Crippen LogP contribution in [0.3, 0.4) is 0 Å². The van der Waals surface area contributed by atoms with Gasteiger partial charge in [-0.05, 0) is 66.6 Å². The van der Waals surface area contributed by atoms with Crippen LogP contribution in [-0.2, 0) is 0 Å². The Morgan fingerprint density at radius 2 is 1.82 bits per heavy atom. The fourth-order valence-electron chi connectivity index (χ4n) is 5.10. The summed E-state index contributed by atoms with van der Waals surface area (Å²) in [4.78, 5) is 2.33. The number of likely N-dealkylation sites (tertiary alicyclic amines) is 1. The number of β-amino-alcohol motifs (C(OH)–C–C–N with tert-alkyl or cyclic N) is 1. The summed E-state index contributed by atoms with van der Waals surface area (Å²) < 4.78 is 17.5. The molecule has 0 aliphatic carbocycles. The predicted octanol–water partition coefficient (Wildman–Crippen LogP) is 6.40. The number of aliphatic hydroxyl groups is 1. The van der Waals surface area contributed by atoms with E-state index in [1.165, 1.54) is 28.1 Å². The van der Waals surface area contributed by atoms with Gasteiger partial charge in [0.15, 0.2) is 5.76 Å². The van der Waals surface area contributed by atoms with E-state index in [2.05, 4.69) is 57.6 Å². The number of nitrogens with zero attached hydrogens (tertiary/aromatic N) is 3. The molecule has 5 aromatic rings. The van der Waals surface area contributed by atoms with Gasteiger partial charge in [0.05, 0.1) is 5.39 Å². The molecule has 9 heteroatoms. The number of thioether (sulfide) groups is 1. The van der Waals surface area contributed by atoms with Crippen molar-refractivity contribution in [3.05, 3.63) is 72.3 Å². The average molecular weight is 552 g/mol. The lowest BCUT2D eigenvalue weighted by atomic mass is 9.88. The molecular formula is C29H30ClN3O4S. The molecule has 1 aliphatic rings. The first-order valence-electron chi connectivity index (χ1n) is 12.6. The van der Waals surface area contributed by atoms with Gasteiger partial charge in [0.25, 0.3) is 11.1 Å². The molecule has 6 rings (SSSR count). The maximum Gasteiger partial charge on any atom is 0.284 e. The van der Waals surface area contributed by atoms with Crippen molar-refractivity contribution in [3.63, 3.8) is 0 Å². The second-order valence-corrected chi connectivity index (χ2v) is 10.3. The fourth-order valence-corrected chi connectivity index (χ4v) is 5.39. The molecule has 0 amide bonds. The molecule has 1 atom stereocenters. The molecule has 0 radical (unpaired) electrons. The molecule has 7 nitrogen and oxygen atoms in total. The zero-order valence-electron chi connectivity index (χ0n) is 21.1. The van der Waals surface area contributed by atoms with Gasteiger partial charge < -0.3 is 23.6 Å². The van der Waals surface area contributed by atoms with E-state index in [0.29, 0.717) is 40.7 Å². The van der Waals surface area contributed by atoms with Crippen molar-refractivity contribution >= 4 is 45.9 Å². The number of halogens is 1. The number of furan rings is 1. The fraction of sp³-hybridized carbons (Fsp3) is 0.310. The molecule has 3 heterocycles. The van der Waals surface area contributed by atoms with Gasteiger partial charge in [-0.2, -0.15) is 0 Å². The number of ether oxygens (including phenoxy) is 1. The van der Waals surface area contributed by atoms with Crippen LogP contribution in [0.15, 0.2) is 80.8 Å². The van der Waals surface area contributed by atoms with Crippen LogP contribution in [0.2, 0.25) is 0 Å². The number of fused-ring (bicyclic) bond motifs is 2. The van der Waals surface area contributed by atoms with Crippen LogP contribution in [0, 0.1) is 0 Å². The summed E-state index contributed by atoms with van der Waals surface area (Å²) >= 11 is 1.38. The molecule has 2 aromatic heterocycles. The van der Waals surface area contributed by atoms with Gasteiger partial charge in [-0.15, -0.1) is 22.6 Å². The van der Waals surface area contributed by atoms with Gasteiger partial charge in [0, 0.05) is 12.6 Å². The number of aliphatic hydroxyl groups excluding tert-OH is 1. The number of hydrogen-bond acceptors (Lipinski definition) is 8. The van der Waals surface area contributed by atoms with Crippen molar-refractivity contribution in [2.75, 3.05) is 32.5 Å². The summed E-state index contributed by atoms with van der Waals surface area (Å²) in [5, 5.41) is 22.6. The van der Waals surface area contributed by atoms with E-state index in [9.17, 15) is 5.11 Å². The summed E-state index contributed by atoms with van der Waals surface area (Å²) in [5.41, 5.74) is 2.08. The molecule has 38 heavy (non-hydrogen) atoms. The molecule has 0 saturated carbocycles. The number of hydrogen-bond donors (Lipinski definition) is 1. The topological polar surface area (TPSA) is 84.8 Å². The van der Waals surface area contributed by atoms with Crippen molar-refractivity contribution in [2.45, 2.75) is 30.1 Å². The van der Waals surface area contributed by atoms with Crippen molar-refractivity contribution < 1.29 is 18.7 Å². The smallest absolute Gasteiger partial charge is 0.284 e. The van der Waals surface area contributed by atoms with Gasteiger partial charge >= 0.3 is 0 Å². The molecule has 1 N–H and O–H groups in total. The van der Waals surface area contributed by atoms with Crippen molar-refractivity contribution in [1.29, 1.82) is 0 Å². The molecule has 1 fully saturated rings. The number of aromatic nitrogens is 2. The van der Waals surface area contributed by atoms with Crippen molar-refractivity contribution in [3.8, 4) is 17.4 Å². The predicted molar refractivity (Wildman–Crippen MR) is 152 cm³/mol. The third kappa shape index (κ3) is 5.68. The summed E-state index contributed by atoms with van der Waals surface area (Å²) in [6, 6.07) is 22.8. The quantitative estimate of drug-likeness (QED) is 0.222. The molecule has 198 valence electrons. The number of piperidine rings is 1. The maximum absolute atomic E-state index is 10.7. The van der Waals surface area contributed by atoms with Crippen molar-refractivity contribution in [2.24, 2.45) is 0 Å². The van der Waals surface area contributed by atoms with Crippen LogP contribution in [-0.4, -0.2) is 58.8 Å².